The number of H-pyrrole nitrogens is 1. The van der Waals surface area contributed by atoms with E-state index in [0.717, 1.165) is 19.6 Å². The second-order valence-electron chi connectivity index (χ2n) is 6.47. The molecule has 1 aliphatic heterocycles. The fourth-order valence-corrected chi connectivity index (χ4v) is 4.53. The number of nitrogens with one attached hydrogen (secondary N) is 1. The lowest BCUT2D eigenvalue weighted by molar-refractivity contribution is -0.00206. The Morgan fingerprint density at radius 2 is 2.14 bits per heavy atom. The van der Waals surface area contributed by atoms with E-state index < -0.39 is 0 Å². The Bertz CT molecular complexity index is 635. The number of aromatic amines is 1. The molecule has 0 amide bonds. The fourth-order valence-electron chi connectivity index (χ4n) is 3.66. The third-order valence-corrected chi connectivity index (χ3v) is 5.75. The van der Waals surface area contributed by atoms with Crippen LogP contribution >= 0.6 is 11.8 Å². The average molecular weight is 314 g/mol. The Kier molecular flexibility index (Phi) is 3.99. The van der Waals surface area contributed by atoms with E-state index in [4.69, 9.17) is 0 Å². The van der Waals surface area contributed by atoms with E-state index in [1.807, 2.05) is 24.2 Å². The first-order chi connectivity index (χ1) is 10.8. The highest BCUT2D eigenvalue weighted by Gasteiger charge is 2.29. The number of fused-ring (bicyclic) bond motifs is 1. The van der Waals surface area contributed by atoms with Crippen LogP contribution in [0, 0.1) is 0 Å². The highest BCUT2D eigenvalue weighted by atomic mass is 32.2. The summed E-state index contributed by atoms with van der Waals surface area (Å²) in [5, 5.41) is 9.45. The Balaban J connectivity index is 1.49. The first-order valence-electron chi connectivity index (χ1n) is 8.12. The van der Waals surface area contributed by atoms with Gasteiger partial charge < -0.3 is 10.1 Å². The van der Waals surface area contributed by atoms with Crippen molar-refractivity contribution in [2.75, 3.05) is 19.6 Å². The van der Waals surface area contributed by atoms with Crippen LogP contribution in [0.15, 0.2) is 46.5 Å². The zero-order valence-electron chi connectivity index (χ0n) is 12.7. The standard InChI is InChI=1S/C18H22N2OS/c21-15-11-20(12-15)10-14-3-1-2-13-8-16(4-5-18(13)14)22-17-6-7-19-9-17/h4-9,14-15,19,21H,1-3,10-12H2/t14-/m0/s1. The summed E-state index contributed by atoms with van der Waals surface area (Å²) < 4.78 is 0. The minimum atomic E-state index is -0.0943. The molecule has 1 aromatic heterocycles. The van der Waals surface area contributed by atoms with E-state index in [9.17, 15) is 5.11 Å². The number of β-amino-alcohol motifs (C(OH)–C–C–N with tert-alkyl or cyclic N) is 1. The summed E-state index contributed by atoms with van der Waals surface area (Å²) in [7, 11) is 0. The third kappa shape index (κ3) is 2.96. The topological polar surface area (TPSA) is 39.3 Å². The molecule has 0 saturated carbocycles. The number of hydrogen-bond acceptors (Lipinski definition) is 3. The molecular formula is C18H22N2OS. The minimum absolute atomic E-state index is 0.0943. The summed E-state index contributed by atoms with van der Waals surface area (Å²) in [4.78, 5) is 8.09. The number of hydrogen-bond donors (Lipinski definition) is 2. The number of aryl methyl sites for hydroxylation is 1. The van der Waals surface area contributed by atoms with Crippen LogP contribution in [0.5, 0.6) is 0 Å². The number of aromatic nitrogens is 1. The van der Waals surface area contributed by atoms with Crippen LogP contribution in [0.25, 0.3) is 0 Å². The zero-order valence-corrected chi connectivity index (χ0v) is 13.5. The van der Waals surface area contributed by atoms with Gasteiger partial charge in [0, 0.05) is 41.8 Å². The maximum atomic E-state index is 9.45. The molecule has 0 spiro atoms. The van der Waals surface area contributed by atoms with Crippen molar-refractivity contribution >= 4 is 11.8 Å². The normalized spacial score (nSPS) is 22.3. The Morgan fingerprint density at radius 3 is 2.91 bits per heavy atom. The average Bonchev–Trinajstić information content (AvgIpc) is 2.98. The van der Waals surface area contributed by atoms with E-state index in [2.05, 4.69) is 34.1 Å². The molecule has 4 rings (SSSR count). The van der Waals surface area contributed by atoms with Gasteiger partial charge >= 0.3 is 0 Å². The van der Waals surface area contributed by atoms with Crippen LogP contribution in [-0.2, 0) is 6.42 Å². The molecule has 2 N–H and O–H groups in total. The van der Waals surface area contributed by atoms with Crippen molar-refractivity contribution in [1.29, 1.82) is 0 Å². The predicted octanol–water partition coefficient (Wildman–Crippen LogP) is 3.26. The Morgan fingerprint density at radius 1 is 1.23 bits per heavy atom. The monoisotopic (exact) mass is 314 g/mol. The second kappa shape index (κ2) is 6.11. The van der Waals surface area contributed by atoms with Crippen molar-refractivity contribution in [1.82, 2.24) is 9.88 Å². The van der Waals surface area contributed by atoms with Crippen LogP contribution in [0.3, 0.4) is 0 Å². The lowest BCUT2D eigenvalue weighted by atomic mass is 9.82. The maximum Gasteiger partial charge on any atom is 0.0793 e. The van der Waals surface area contributed by atoms with E-state index >= 15 is 0 Å². The molecule has 4 heteroatoms. The molecule has 2 heterocycles. The van der Waals surface area contributed by atoms with Crippen molar-refractivity contribution in [2.24, 2.45) is 0 Å². The minimum Gasteiger partial charge on any atom is -0.390 e. The van der Waals surface area contributed by atoms with E-state index in [0.29, 0.717) is 5.92 Å². The van der Waals surface area contributed by atoms with Gasteiger partial charge in [-0.2, -0.15) is 0 Å². The number of rotatable bonds is 4. The first-order valence-corrected chi connectivity index (χ1v) is 8.93. The lowest BCUT2D eigenvalue weighted by Crippen LogP contribution is -2.52. The smallest absolute Gasteiger partial charge is 0.0793 e. The lowest BCUT2D eigenvalue weighted by Gasteiger charge is -2.39. The quantitative estimate of drug-likeness (QED) is 0.910. The molecular weight excluding hydrogens is 292 g/mol. The molecule has 116 valence electrons. The van der Waals surface area contributed by atoms with Gasteiger partial charge in [-0.15, -0.1) is 0 Å². The predicted molar refractivity (Wildman–Crippen MR) is 89.5 cm³/mol. The van der Waals surface area contributed by atoms with E-state index in [1.54, 1.807) is 0 Å². The van der Waals surface area contributed by atoms with Gasteiger partial charge in [0.05, 0.1) is 6.10 Å². The molecule has 22 heavy (non-hydrogen) atoms. The largest absolute Gasteiger partial charge is 0.390 e. The summed E-state index contributed by atoms with van der Waals surface area (Å²) in [6, 6.07) is 9.09. The molecule has 1 aliphatic carbocycles. The summed E-state index contributed by atoms with van der Waals surface area (Å²) in [5.74, 6) is 0.641. The fraction of sp³-hybridized carbons (Fsp3) is 0.444. The molecule has 0 unspecified atom stereocenters. The van der Waals surface area contributed by atoms with Crippen LogP contribution in [-0.4, -0.2) is 40.7 Å². The highest BCUT2D eigenvalue weighted by Crippen LogP contribution is 2.36. The van der Waals surface area contributed by atoms with Gasteiger partial charge in [0.15, 0.2) is 0 Å². The molecule has 1 aromatic carbocycles. The van der Waals surface area contributed by atoms with Crippen molar-refractivity contribution in [3.8, 4) is 0 Å². The third-order valence-electron chi connectivity index (χ3n) is 4.77. The summed E-state index contributed by atoms with van der Waals surface area (Å²) in [6.07, 6.45) is 7.69. The summed E-state index contributed by atoms with van der Waals surface area (Å²) in [6.45, 7) is 2.81. The van der Waals surface area contributed by atoms with Gasteiger partial charge in [0.25, 0.3) is 0 Å². The van der Waals surface area contributed by atoms with Crippen molar-refractivity contribution in [3.05, 3.63) is 47.8 Å². The zero-order chi connectivity index (χ0) is 14.9. The van der Waals surface area contributed by atoms with Crippen molar-refractivity contribution in [2.45, 2.75) is 41.1 Å². The number of aliphatic hydroxyl groups excluding tert-OH is 1. The van der Waals surface area contributed by atoms with Gasteiger partial charge in [0.2, 0.25) is 0 Å². The molecule has 0 bridgehead atoms. The van der Waals surface area contributed by atoms with Crippen molar-refractivity contribution in [3.63, 3.8) is 0 Å². The molecule has 2 aromatic rings. The van der Waals surface area contributed by atoms with Gasteiger partial charge in [-0.3, -0.25) is 4.90 Å². The summed E-state index contributed by atoms with van der Waals surface area (Å²) in [5.41, 5.74) is 3.06. The first kappa shape index (κ1) is 14.4. The maximum absolute atomic E-state index is 9.45. The Labute approximate surface area is 135 Å². The summed E-state index contributed by atoms with van der Waals surface area (Å²) >= 11 is 1.82. The Hall–Kier alpha value is -1.23. The number of benzene rings is 1. The SMILES string of the molecule is OC1CN(C[C@@H]2CCCc3cc(Sc4cc[nH]c4)ccc32)C1. The highest BCUT2D eigenvalue weighted by molar-refractivity contribution is 7.99. The van der Waals surface area contributed by atoms with E-state index in [1.165, 1.54) is 40.2 Å². The van der Waals surface area contributed by atoms with Gasteiger partial charge in [-0.1, -0.05) is 17.8 Å². The number of aliphatic hydroxyl groups is 1. The molecule has 2 aliphatic rings. The van der Waals surface area contributed by atoms with Gasteiger partial charge in [-0.05, 0) is 54.5 Å². The van der Waals surface area contributed by atoms with Crippen LogP contribution in [0.4, 0.5) is 0 Å². The molecule has 1 saturated heterocycles. The van der Waals surface area contributed by atoms with Crippen LogP contribution in [0.2, 0.25) is 0 Å². The van der Waals surface area contributed by atoms with Gasteiger partial charge in [0.1, 0.15) is 0 Å². The second-order valence-corrected chi connectivity index (χ2v) is 7.62. The van der Waals surface area contributed by atoms with Crippen LogP contribution < -0.4 is 0 Å². The number of likely N-dealkylation sites (tertiary alicyclic amines) is 1. The molecule has 0 radical (unpaired) electrons. The number of nitrogens with zero attached hydrogens (tertiary/aromatic N) is 1. The van der Waals surface area contributed by atoms with Gasteiger partial charge in [-0.25, -0.2) is 0 Å². The van der Waals surface area contributed by atoms with Crippen molar-refractivity contribution < 1.29 is 5.11 Å². The molecule has 1 atom stereocenters. The molecule has 1 fully saturated rings. The van der Waals surface area contributed by atoms with Crippen LogP contribution in [0.1, 0.15) is 29.9 Å². The van der Waals surface area contributed by atoms with E-state index in [-0.39, 0.29) is 6.10 Å². The molecule has 3 nitrogen and oxygen atoms in total.